The Morgan fingerprint density at radius 1 is 1.26 bits per heavy atom. The van der Waals surface area contributed by atoms with Crippen LogP contribution in [0.3, 0.4) is 0 Å². The number of hydrogen-bond donors (Lipinski definition) is 2. The molecular weight excluding hydrogens is 484 g/mol. The zero-order chi connectivity index (χ0) is 24.6. The third-order valence-corrected chi connectivity index (χ3v) is 8.47. The molecule has 1 aromatic heterocycles. The molecule has 5 rings (SSSR count). The lowest BCUT2D eigenvalue weighted by Gasteiger charge is -2.41. The Hall–Kier alpha value is -2.64. The van der Waals surface area contributed by atoms with E-state index in [9.17, 15) is 9.90 Å². The summed E-state index contributed by atoms with van der Waals surface area (Å²) in [5.41, 5.74) is 3.16. The summed E-state index contributed by atoms with van der Waals surface area (Å²) in [7, 11) is 1.59. The summed E-state index contributed by atoms with van der Waals surface area (Å²) in [6.45, 7) is 2.02. The number of H-pyrrole nitrogens is 1. The van der Waals surface area contributed by atoms with E-state index in [0.29, 0.717) is 35.2 Å². The van der Waals surface area contributed by atoms with Gasteiger partial charge < -0.3 is 19.6 Å². The molecule has 0 saturated heterocycles. The van der Waals surface area contributed by atoms with Gasteiger partial charge in [0.1, 0.15) is 22.0 Å². The van der Waals surface area contributed by atoms with Gasteiger partial charge in [-0.2, -0.15) is 0 Å². The molecule has 1 saturated carbocycles. The van der Waals surface area contributed by atoms with Crippen molar-refractivity contribution in [2.75, 3.05) is 7.11 Å². The van der Waals surface area contributed by atoms with Gasteiger partial charge >= 0.3 is 5.97 Å². The fourth-order valence-electron chi connectivity index (χ4n) is 5.34. The van der Waals surface area contributed by atoms with Crippen molar-refractivity contribution in [1.29, 1.82) is 0 Å². The number of rotatable bonds is 7. The lowest BCUT2D eigenvalue weighted by Crippen LogP contribution is -2.45. The minimum absolute atomic E-state index is 0.0857. The fourth-order valence-corrected chi connectivity index (χ4v) is 6.43. The summed E-state index contributed by atoms with van der Waals surface area (Å²) in [4.78, 5) is 21.3. The minimum atomic E-state index is -0.723. The van der Waals surface area contributed by atoms with Crippen LogP contribution in [0.2, 0.25) is 5.02 Å². The van der Waals surface area contributed by atoms with E-state index < -0.39 is 11.6 Å². The number of nitrogens with one attached hydrogen (secondary N) is 1. The van der Waals surface area contributed by atoms with Crippen LogP contribution in [0.15, 0.2) is 52.2 Å². The number of benzene rings is 2. The highest BCUT2D eigenvalue weighted by Crippen LogP contribution is 2.47. The van der Waals surface area contributed by atoms with Crippen molar-refractivity contribution in [2.45, 2.75) is 62.6 Å². The summed E-state index contributed by atoms with van der Waals surface area (Å²) >= 11 is 7.46. The molecule has 8 heteroatoms. The molecular formula is C27H29ClN2O4S. The number of cyclic esters (lactones) is 1. The van der Waals surface area contributed by atoms with Gasteiger partial charge in [0.2, 0.25) is 0 Å². The standard InChI is InChI=1S/C27H29ClN2O4S/c1-16-7-9-20-21(13-16)30-26(29-20)35-24-22(31)15-27(34-25(24)32,18-5-3-4-6-18)12-11-17-8-10-23(33-2)19(28)14-17/h7-10,13-14,18,31H,3-6,11-12,15H2,1-2H3,(H,29,30). The van der Waals surface area contributed by atoms with Crippen LogP contribution in [0.25, 0.3) is 11.0 Å². The van der Waals surface area contributed by atoms with Crippen LogP contribution in [0, 0.1) is 12.8 Å². The largest absolute Gasteiger partial charge is 0.511 e. The number of ether oxygens (including phenoxy) is 2. The Kier molecular flexibility index (Phi) is 6.73. The first-order chi connectivity index (χ1) is 16.9. The van der Waals surface area contributed by atoms with Gasteiger partial charge in [-0.15, -0.1) is 0 Å². The molecule has 3 aromatic rings. The number of aryl methyl sites for hydroxylation is 2. The van der Waals surface area contributed by atoms with E-state index in [4.69, 9.17) is 21.1 Å². The van der Waals surface area contributed by atoms with Crippen LogP contribution in [0.1, 0.15) is 49.7 Å². The summed E-state index contributed by atoms with van der Waals surface area (Å²) < 4.78 is 11.5. The third-order valence-electron chi connectivity index (χ3n) is 7.18. The number of nitrogens with zero attached hydrogens (tertiary/aromatic N) is 1. The van der Waals surface area contributed by atoms with Crippen molar-refractivity contribution >= 4 is 40.4 Å². The van der Waals surface area contributed by atoms with Gasteiger partial charge in [-0.05, 0) is 85.7 Å². The number of methoxy groups -OCH3 is 1. The highest BCUT2D eigenvalue weighted by atomic mass is 35.5. The molecule has 2 aliphatic rings. The average Bonchev–Trinajstić information content (AvgIpc) is 3.50. The van der Waals surface area contributed by atoms with Crippen LogP contribution in [0.4, 0.5) is 0 Å². The summed E-state index contributed by atoms with van der Waals surface area (Å²) in [5.74, 6) is 0.466. The van der Waals surface area contributed by atoms with Gasteiger partial charge in [-0.25, -0.2) is 9.78 Å². The second-order valence-electron chi connectivity index (χ2n) is 9.52. The van der Waals surface area contributed by atoms with Crippen molar-refractivity contribution in [3.05, 3.63) is 63.2 Å². The molecule has 1 atom stereocenters. The number of aromatic nitrogens is 2. The van der Waals surface area contributed by atoms with Gasteiger partial charge in [-0.1, -0.05) is 36.6 Å². The molecule has 1 aliphatic carbocycles. The molecule has 2 aromatic carbocycles. The molecule has 6 nitrogen and oxygen atoms in total. The van der Waals surface area contributed by atoms with E-state index in [0.717, 1.165) is 59.6 Å². The topological polar surface area (TPSA) is 84.4 Å². The smallest absolute Gasteiger partial charge is 0.349 e. The number of hydrogen-bond acceptors (Lipinski definition) is 6. The summed E-state index contributed by atoms with van der Waals surface area (Å²) in [6.07, 6.45) is 5.84. The number of aliphatic hydroxyl groups is 1. The van der Waals surface area contributed by atoms with Gasteiger partial charge in [0.25, 0.3) is 0 Å². The van der Waals surface area contributed by atoms with E-state index >= 15 is 0 Å². The van der Waals surface area contributed by atoms with E-state index in [1.54, 1.807) is 7.11 Å². The predicted molar refractivity (Wildman–Crippen MR) is 138 cm³/mol. The van der Waals surface area contributed by atoms with Crippen molar-refractivity contribution in [3.8, 4) is 5.75 Å². The molecule has 0 spiro atoms. The molecule has 2 N–H and O–H groups in total. The maximum Gasteiger partial charge on any atom is 0.349 e. The van der Waals surface area contributed by atoms with Crippen LogP contribution in [-0.4, -0.2) is 33.8 Å². The molecule has 0 radical (unpaired) electrons. The molecule has 0 bridgehead atoms. The number of imidazole rings is 1. The SMILES string of the molecule is COc1ccc(CCC2(C3CCCC3)CC(O)=C(Sc3nc4ccc(C)cc4[nH]3)C(=O)O2)cc1Cl. The van der Waals surface area contributed by atoms with E-state index in [1.807, 2.05) is 43.3 Å². The number of thioether (sulfide) groups is 1. The molecule has 184 valence electrons. The first kappa shape index (κ1) is 24.1. The normalized spacial score (nSPS) is 21.1. The third kappa shape index (κ3) is 4.89. The second kappa shape index (κ2) is 9.78. The van der Waals surface area contributed by atoms with E-state index in [-0.39, 0.29) is 16.6 Å². The zero-order valence-corrected chi connectivity index (χ0v) is 21.5. The first-order valence-corrected chi connectivity index (χ1v) is 13.2. The maximum absolute atomic E-state index is 13.3. The second-order valence-corrected chi connectivity index (χ2v) is 10.9. The maximum atomic E-state index is 13.3. The summed E-state index contributed by atoms with van der Waals surface area (Å²) in [6, 6.07) is 11.7. The quantitative estimate of drug-likeness (QED) is 0.335. The van der Waals surface area contributed by atoms with Crippen molar-refractivity contribution < 1.29 is 19.4 Å². The monoisotopic (exact) mass is 512 g/mol. The van der Waals surface area contributed by atoms with Crippen molar-refractivity contribution in [2.24, 2.45) is 5.92 Å². The molecule has 2 heterocycles. The number of aromatic amines is 1. The Balaban J connectivity index is 1.39. The van der Waals surface area contributed by atoms with Gasteiger partial charge in [0, 0.05) is 6.42 Å². The summed E-state index contributed by atoms with van der Waals surface area (Å²) in [5, 5.41) is 12.2. The van der Waals surface area contributed by atoms with Crippen molar-refractivity contribution in [3.63, 3.8) is 0 Å². The van der Waals surface area contributed by atoms with Gasteiger partial charge in [0.15, 0.2) is 5.16 Å². The van der Waals surface area contributed by atoms with Crippen LogP contribution < -0.4 is 4.74 Å². The number of esters is 1. The van der Waals surface area contributed by atoms with E-state index in [2.05, 4.69) is 9.97 Å². The highest BCUT2D eigenvalue weighted by molar-refractivity contribution is 8.03. The van der Waals surface area contributed by atoms with Crippen LogP contribution in [-0.2, 0) is 16.0 Å². The van der Waals surface area contributed by atoms with Crippen molar-refractivity contribution in [1.82, 2.24) is 9.97 Å². The van der Waals surface area contributed by atoms with Gasteiger partial charge in [0.05, 0.1) is 23.2 Å². The highest BCUT2D eigenvalue weighted by Gasteiger charge is 2.48. The number of carbonyl (C=O) groups is 1. The molecule has 0 amide bonds. The number of fused-ring (bicyclic) bond motifs is 1. The molecule has 1 fully saturated rings. The number of carbonyl (C=O) groups excluding carboxylic acids is 1. The Bertz CT molecular complexity index is 1300. The Labute approximate surface area is 214 Å². The van der Waals surface area contributed by atoms with Crippen LogP contribution >= 0.6 is 23.4 Å². The predicted octanol–water partition coefficient (Wildman–Crippen LogP) is 6.90. The van der Waals surface area contributed by atoms with Gasteiger partial charge in [-0.3, -0.25) is 0 Å². The number of aliphatic hydroxyl groups excluding tert-OH is 1. The zero-order valence-electron chi connectivity index (χ0n) is 19.9. The molecule has 1 aliphatic heterocycles. The fraction of sp³-hybridized carbons (Fsp3) is 0.407. The minimum Gasteiger partial charge on any atom is -0.511 e. The van der Waals surface area contributed by atoms with Crippen LogP contribution in [0.5, 0.6) is 5.75 Å². The number of halogens is 1. The molecule has 1 unspecified atom stereocenters. The lowest BCUT2D eigenvalue weighted by atomic mass is 9.77. The Morgan fingerprint density at radius 2 is 2.06 bits per heavy atom. The first-order valence-electron chi connectivity index (χ1n) is 12.0. The Morgan fingerprint density at radius 3 is 2.77 bits per heavy atom. The average molecular weight is 513 g/mol. The van der Waals surface area contributed by atoms with E-state index in [1.165, 1.54) is 0 Å². The molecule has 35 heavy (non-hydrogen) atoms. The lowest BCUT2D eigenvalue weighted by molar-refractivity contribution is -0.166.